The van der Waals surface area contributed by atoms with Gasteiger partial charge in [-0.05, 0) is 37.3 Å². The molecule has 1 amide bonds. The Hall–Kier alpha value is -3.28. The van der Waals surface area contributed by atoms with Crippen molar-refractivity contribution < 1.29 is 19.7 Å². The van der Waals surface area contributed by atoms with Gasteiger partial charge < -0.3 is 14.9 Å². The molecule has 0 unspecified atom stereocenters. The number of amides is 1. The first-order valence-electron chi connectivity index (χ1n) is 7.22. The molecule has 124 valence electrons. The number of para-hydroxylation sites is 1. The van der Waals surface area contributed by atoms with Crippen LogP contribution in [0.4, 0.5) is 0 Å². The minimum Gasteiger partial charge on any atom is -0.508 e. The molecule has 0 aliphatic heterocycles. The second kappa shape index (κ2) is 7.82. The summed E-state index contributed by atoms with van der Waals surface area (Å²) < 4.78 is 5.43. The summed E-state index contributed by atoms with van der Waals surface area (Å²) in [7, 11) is 0. The summed E-state index contributed by atoms with van der Waals surface area (Å²) in [6.45, 7) is 5.45. The van der Waals surface area contributed by atoms with Gasteiger partial charge in [0.1, 0.15) is 23.9 Å². The normalized spacial score (nSPS) is 11.0. The number of aromatic hydroxyl groups is 2. The molecule has 0 aliphatic carbocycles. The van der Waals surface area contributed by atoms with Crippen molar-refractivity contribution in [2.24, 2.45) is 5.10 Å². The molecular formula is C18H18N2O4. The van der Waals surface area contributed by atoms with Crippen molar-refractivity contribution in [2.45, 2.75) is 6.92 Å². The smallest absolute Gasteiger partial charge is 0.275 e. The third kappa shape index (κ3) is 4.13. The van der Waals surface area contributed by atoms with Gasteiger partial charge in [0, 0.05) is 5.56 Å². The van der Waals surface area contributed by atoms with E-state index in [-0.39, 0.29) is 18.1 Å². The van der Waals surface area contributed by atoms with E-state index in [9.17, 15) is 15.0 Å². The van der Waals surface area contributed by atoms with Gasteiger partial charge in [-0.15, -0.1) is 0 Å². The summed E-state index contributed by atoms with van der Waals surface area (Å²) in [6.07, 6.45) is 1.58. The van der Waals surface area contributed by atoms with E-state index in [0.29, 0.717) is 22.6 Å². The monoisotopic (exact) mass is 326 g/mol. The molecule has 0 heterocycles. The van der Waals surface area contributed by atoms with Crippen LogP contribution in [-0.4, -0.2) is 28.4 Å². The van der Waals surface area contributed by atoms with Crippen LogP contribution in [0.2, 0.25) is 0 Å². The van der Waals surface area contributed by atoms with Crippen LogP contribution in [0.3, 0.4) is 0 Å². The fraction of sp³-hybridized carbons (Fsp3) is 0.111. The zero-order chi connectivity index (χ0) is 17.5. The Bertz CT molecular complexity index is 784. The molecule has 2 aromatic rings. The van der Waals surface area contributed by atoms with Gasteiger partial charge in [0.15, 0.2) is 0 Å². The zero-order valence-corrected chi connectivity index (χ0v) is 13.2. The Kier molecular flexibility index (Phi) is 5.57. The third-order valence-corrected chi connectivity index (χ3v) is 3.18. The van der Waals surface area contributed by atoms with Crippen molar-refractivity contribution in [1.29, 1.82) is 0 Å². The maximum absolute atomic E-state index is 12.3. The first kappa shape index (κ1) is 17.1. The Labute approximate surface area is 139 Å². The van der Waals surface area contributed by atoms with Gasteiger partial charge in [0.05, 0.1) is 11.3 Å². The summed E-state index contributed by atoms with van der Waals surface area (Å²) in [4.78, 5) is 12.3. The minimum absolute atomic E-state index is 0.00755. The molecule has 0 saturated heterocycles. The molecule has 2 rings (SSSR count). The first-order chi connectivity index (χ1) is 11.5. The average Bonchev–Trinajstić information content (AvgIpc) is 2.59. The molecule has 6 nitrogen and oxygen atoms in total. The molecule has 0 bridgehead atoms. The van der Waals surface area contributed by atoms with E-state index < -0.39 is 5.91 Å². The lowest BCUT2D eigenvalue weighted by Crippen LogP contribution is -2.20. The van der Waals surface area contributed by atoms with Gasteiger partial charge in [-0.1, -0.05) is 24.8 Å². The van der Waals surface area contributed by atoms with E-state index in [1.807, 2.05) is 0 Å². The van der Waals surface area contributed by atoms with Crippen LogP contribution in [0.25, 0.3) is 0 Å². The van der Waals surface area contributed by atoms with E-state index in [4.69, 9.17) is 4.74 Å². The number of hydrazone groups is 1. The fourth-order valence-corrected chi connectivity index (χ4v) is 2.00. The predicted molar refractivity (Wildman–Crippen MR) is 91.6 cm³/mol. The van der Waals surface area contributed by atoms with Crippen LogP contribution in [0.1, 0.15) is 22.8 Å². The maximum Gasteiger partial charge on any atom is 0.275 e. The van der Waals surface area contributed by atoms with Gasteiger partial charge in [0.25, 0.3) is 5.91 Å². The van der Waals surface area contributed by atoms with Crippen LogP contribution >= 0.6 is 0 Å². The third-order valence-electron chi connectivity index (χ3n) is 3.18. The standard InChI is InChI=1S/C18H18N2O4/c1-3-10-24-17-7-5-4-6-14(17)18(23)20-19-12(2)15-11-13(21)8-9-16(15)22/h3-9,11,21-22H,1,10H2,2H3,(H,20,23)/b19-12-. The van der Waals surface area contributed by atoms with E-state index in [1.165, 1.54) is 18.2 Å². The number of hydrogen-bond donors (Lipinski definition) is 3. The van der Waals surface area contributed by atoms with Gasteiger partial charge in [-0.2, -0.15) is 5.10 Å². The Balaban J connectivity index is 2.18. The second-order valence-electron chi connectivity index (χ2n) is 4.94. The van der Waals surface area contributed by atoms with E-state index in [2.05, 4.69) is 17.1 Å². The fourth-order valence-electron chi connectivity index (χ4n) is 2.00. The highest BCUT2D eigenvalue weighted by Crippen LogP contribution is 2.23. The summed E-state index contributed by atoms with van der Waals surface area (Å²) in [5.41, 5.74) is 3.41. The topological polar surface area (TPSA) is 91.2 Å². The number of carbonyl (C=O) groups is 1. The Morgan fingerprint density at radius 3 is 2.75 bits per heavy atom. The molecule has 0 atom stereocenters. The molecule has 24 heavy (non-hydrogen) atoms. The lowest BCUT2D eigenvalue weighted by atomic mass is 10.1. The molecule has 0 radical (unpaired) electrons. The molecule has 0 saturated carbocycles. The molecule has 0 fully saturated rings. The highest BCUT2D eigenvalue weighted by atomic mass is 16.5. The van der Waals surface area contributed by atoms with Gasteiger partial charge in [-0.3, -0.25) is 4.79 Å². The number of phenols is 2. The molecule has 3 N–H and O–H groups in total. The quantitative estimate of drug-likeness (QED) is 0.329. The summed E-state index contributed by atoms with van der Waals surface area (Å²) in [5, 5.41) is 23.2. The maximum atomic E-state index is 12.3. The van der Waals surface area contributed by atoms with Crippen LogP contribution in [-0.2, 0) is 0 Å². The lowest BCUT2D eigenvalue weighted by molar-refractivity contribution is 0.0951. The minimum atomic E-state index is -0.450. The number of rotatable bonds is 6. The highest BCUT2D eigenvalue weighted by Gasteiger charge is 2.12. The van der Waals surface area contributed by atoms with E-state index >= 15 is 0 Å². The molecule has 0 spiro atoms. The lowest BCUT2D eigenvalue weighted by Gasteiger charge is -2.09. The summed E-state index contributed by atoms with van der Waals surface area (Å²) >= 11 is 0. The van der Waals surface area contributed by atoms with Crippen molar-refractivity contribution in [3.8, 4) is 17.2 Å². The van der Waals surface area contributed by atoms with Crippen molar-refractivity contribution in [3.63, 3.8) is 0 Å². The highest BCUT2D eigenvalue weighted by molar-refractivity contribution is 6.03. The molecule has 0 aliphatic rings. The number of carbonyl (C=O) groups excluding carboxylic acids is 1. The van der Waals surface area contributed by atoms with Crippen molar-refractivity contribution in [2.75, 3.05) is 6.61 Å². The van der Waals surface area contributed by atoms with Crippen molar-refractivity contribution >= 4 is 11.6 Å². The van der Waals surface area contributed by atoms with Crippen LogP contribution < -0.4 is 10.2 Å². The molecular weight excluding hydrogens is 308 g/mol. The summed E-state index contributed by atoms with van der Waals surface area (Å²) in [6, 6.07) is 10.8. The number of benzene rings is 2. The molecule has 0 aromatic heterocycles. The van der Waals surface area contributed by atoms with Crippen LogP contribution in [0, 0.1) is 0 Å². The van der Waals surface area contributed by atoms with Crippen LogP contribution in [0.15, 0.2) is 60.2 Å². The number of hydrogen-bond acceptors (Lipinski definition) is 5. The number of nitrogens with one attached hydrogen (secondary N) is 1. The summed E-state index contributed by atoms with van der Waals surface area (Å²) in [5.74, 6) is -0.0820. The predicted octanol–water partition coefficient (Wildman–Crippen LogP) is 2.82. The van der Waals surface area contributed by atoms with Gasteiger partial charge in [0.2, 0.25) is 0 Å². The Morgan fingerprint density at radius 1 is 1.25 bits per heavy atom. The van der Waals surface area contributed by atoms with Gasteiger partial charge in [-0.25, -0.2) is 5.43 Å². The van der Waals surface area contributed by atoms with Gasteiger partial charge >= 0.3 is 0 Å². The Morgan fingerprint density at radius 2 is 2.00 bits per heavy atom. The zero-order valence-electron chi connectivity index (χ0n) is 13.2. The van der Waals surface area contributed by atoms with Crippen molar-refractivity contribution in [1.82, 2.24) is 5.43 Å². The number of ether oxygens (including phenoxy) is 1. The van der Waals surface area contributed by atoms with E-state index in [0.717, 1.165) is 0 Å². The second-order valence-corrected chi connectivity index (χ2v) is 4.94. The average molecular weight is 326 g/mol. The van der Waals surface area contributed by atoms with Crippen molar-refractivity contribution in [3.05, 3.63) is 66.2 Å². The number of nitrogens with zero attached hydrogens (tertiary/aromatic N) is 1. The first-order valence-corrected chi connectivity index (χ1v) is 7.22. The number of phenolic OH excluding ortho intramolecular Hbond substituents is 2. The molecule has 2 aromatic carbocycles. The SMILES string of the molecule is C=CCOc1ccccc1C(=O)N/N=C(/C)c1cc(O)ccc1O. The van der Waals surface area contributed by atoms with Crippen LogP contribution in [0.5, 0.6) is 17.2 Å². The van der Waals surface area contributed by atoms with E-state index in [1.54, 1.807) is 37.3 Å². The molecule has 6 heteroatoms. The largest absolute Gasteiger partial charge is 0.508 e.